The first-order chi connectivity index (χ1) is 7.62. The smallest absolute Gasteiger partial charge is 0.205 e. The monoisotopic (exact) mass is 262 g/mol. The predicted octanol–water partition coefficient (Wildman–Crippen LogP) is 3.76. The molecule has 0 saturated heterocycles. The highest BCUT2D eigenvalue weighted by Gasteiger charge is 2.06. The van der Waals surface area contributed by atoms with Gasteiger partial charge in [-0.1, -0.05) is 51.0 Å². The Labute approximate surface area is 104 Å². The molecule has 0 rings (SSSR count). The van der Waals surface area contributed by atoms with Crippen molar-refractivity contribution in [1.82, 2.24) is 0 Å². The summed E-state index contributed by atoms with van der Waals surface area (Å²) in [7, 11) is -1.95. The molecule has 0 fully saturated rings. The van der Waals surface area contributed by atoms with Crippen molar-refractivity contribution in [3.63, 3.8) is 0 Å². The van der Waals surface area contributed by atoms with E-state index < -0.39 is 8.87 Å². The van der Waals surface area contributed by atoms with Gasteiger partial charge in [-0.15, -0.1) is 0 Å². The fourth-order valence-electron chi connectivity index (χ4n) is 1.01. The summed E-state index contributed by atoms with van der Waals surface area (Å²) >= 11 is 0. The third-order valence-corrected chi connectivity index (χ3v) is 5.07. The van der Waals surface area contributed by atoms with E-state index in [2.05, 4.69) is 13.8 Å². The molecule has 0 aliphatic rings. The van der Waals surface area contributed by atoms with Crippen LogP contribution in [-0.2, 0) is 8.87 Å². The second-order valence-corrected chi connectivity index (χ2v) is 7.78. The molecular weight excluding hydrogens is 240 g/mol. The molecule has 0 N–H and O–H groups in total. The van der Waals surface area contributed by atoms with E-state index in [1.54, 1.807) is 6.08 Å². The van der Waals surface area contributed by atoms with Gasteiger partial charge in [-0.05, 0) is 23.6 Å². The first-order valence-corrected chi connectivity index (χ1v) is 8.95. The van der Waals surface area contributed by atoms with E-state index in [0.29, 0.717) is 5.75 Å². The maximum Gasteiger partial charge on any atom is 0.205 e. The van der Waals surface area contributed by atoms with Gasteiger partial charge in [0.05, 0.1) is 5.75 Å². The van der Waals surface area contributed by atoms with Crippen LogP contribution in [0.4, 0.5) is 0 Å². The van der Waals surface area contributed by atoms with Gasteiger partial charge in [-0.25, -0.2) is 8.42 Å². The molecule has 0 radical (unpaired) electrons. The Bertz CT molecular complexity index is 303. The van der Waals surface area contributed by atoms with Gasteiger partial charge in [-0.2, -0.15) is 0 Å². The number of unbranched alkanes of at least 4 members (excludes halogenated alkanes) is 2. The lowest BCUT2D eigenvalue weighted by atomic mass is 10.3. The van der Waals surface area contributed by atoms with Gasteiger partial charge in [0.25, 0.3) is 0 Å². The van der Waals surface area contributed by atoms with Crippen molar-refractivity contribution in [3.8, 4) is 0 Å². The molecule has 0 aliphatic carbocycles. The molecule has 0 atom stereocenters. The number of hydrogen-bond acceptors (Lipinski definition) is 3. The van der Waals surface area contributed by atoms with Crippen LogP contribution in [0.25, 0.3) is 0 Å². The van der Waals surface area contributed by atoms with E-state index in [1.807, 2.05) is 18.2 Å². The molecular formula is C12H22O2S2. The van der Waals surface area contributed by atoms with E-state index in [9.17, 15) is 8.42 Å². The van der Waals surface area contributed by atoms with E-state index >= 15 is 0 Å². The summed E-state index contributed by atoms with van der Waals surface area (Å²) in [6.45, 7) is 4.18. The van der Waals surface area contributed by atoms with E-state index in [-0.39, 0.29) is 5.75 Å². The van der Waals surface area contributed by atoms with Crippen LogP contribution in [0.5, 0.6) is 0 Å². The zero-order chi connectivity index (χ0) is 12.3. The van der Waals surface area contributed by atoms with Gasteiger partial charge < -0.3 is 0 Å². The van der Waals surface area contributed by atoms with Crippen molar-refractivity contribution in [1.29, 1.82) is 0 Å². The Morgan fingerprint density at radius 1 is 0.938 bits per heavy atom. The molecule has 0 aromatic carbocycles. The number of allylic oxidation sites excluding steroid dienone is 2. The van der Waals surface area contributed by atoms with Gasteiger partial charge in [0.15, 0.2) is 0 Å². The third kappa shape index (κ3) is 10.3. The minimum atomic E-state index is -2.97. The molecule has 0 bridgehead atoms. The molecule has 0 amide bonds. The molecule has 94 valence electrons. The first kappa shape index (κ1) is 15.8. The van der Waals surface area contributed by atoms with Crippen molar-refractivity contribution >= 4 is 19.7 Å². The average molecular weight is 262 g/mol. The summed E-state index contributed by atoms with van der Waals surface area (Å²) in [5, 5.41) is 0. The highest BCUT2D eigenvalue weighted by atomic mass is 33.1. The topological polar surface area (TPSA) is 34.1 Å². The van der Waals surface area contributed by atoms with Crippen LogP contribution in [0.15, 0.2) is 24.3 Å². The Morgan fingerprint density at radius 2 is 1.50 bits per heavy atom. The molecule has 0 heterocycles. The minimum absolute atomic E-state index is 0.152. The van der Waals surface area contributed by atoms with Crippen LogP contribution < -0.4 is 0 Å². The molecule has 0 unspecified atom stereocenters. The lowest BCUT2D eigenvalue weighted by Crippen LogP contribution is -1.98. The summed E-state index contributed by atoms with van der Waals surface area (Å²) in [5.74, 6) is 0.712. The normalized spacial score (nSPS) is 12.9. The van der Waals surface area contributed by atoms with Crippen molar-refractivity contribution in [2.24, 2.45) is 0 Å². The zero-order valence-corrected chi connectivity index (χ0v) is 11.8. The van der Waals surface area contributed by atoms with Crippen LogP contribution in [0.1, 0.15) is 39.5 Å². The fourth-order valence-corrected chi connectivity index (χ4v) is 3.29. The molecule has 16 heavy (non-hydrogen) atoms. The van der Waals surface area contributed by atoms with Gasteiger partial charge in [-0.3, -0.25) is 0 Å². The Kier molecular flexibility index (Phi) is 9.83. The predicted molar refractivity (Wildman–Crippen MR) is 74.3 cm³/mol. The second kappa shape index (κ2) is 9.97. The maximum atomic E-state index is 11.5. The standard InChI is InChI=1S/C12H22O2S2/c1-3-5-7-9-11-15-16(13,14)12-10-8-6-4-2/h7-10H,3-6,11-12H2,1-2H3/b9-7+,10-8+. The Hall–Kier alpha value is -0.220. The molecule has 0 saturated carbocycles. The molecule has 0 spiro atoms. The summed E-state index contributed by atoms with van der Waals surface area (Å²) in [5.41, 5.74) is 0. The first-order valence-electron chi connectivity index (χ1n) is 5.79. The van der Waals surface area contributed by atoms with Gasteiger partial charge in [0, 0.05) is 5.75 Å². The summed E-state index contributed by atoms with van der Waals surface area (Å²) in [6.07, 6.45) is 11.8. The zero-order valence-electron chi connectivity index (χ0n) is 10.2. The quantitative estimate of drug-likeness (QED) is 0.468. The number of hydrogen-bond donors (Lipinski definition) is 0. The van der Waals surface area contributed by atoms with Gasteiger partial charge >= 0.3 is 0 Å². The highest BCUT2D eigenvalue weighted by molar-refractivity contribution is 8.72. The van der Waals surface area contributed by atoms with Crippen molar-refractivity contribution in [2.75, 3.05) is 11.5 Å². The van der Waals surface area contributed by atoms with Crippen molar-refractivity contribution in [3.05, 3.63) is 24.3 Å². The van der Waals surface area contributed by atoms with Gasteiger partial charge in [0.1, 0.15) is 0 Å². The van der Waals surface area contributed by atoms with E-state index in [0.717, 1.165) is 36.5 Å². The lowest BCUT2D eigenvalue weighted by Gasteiger charge is -1.97. The minimum Gasteiger partial charge on any atom is -0.217 e. The van der Waals surface area contributed by atoms with E-state index in [1.165, 1.54) is 0 Å². The van der Waals surface area contributed by atoms with Crippen LogP contribution in [0.3, 0.4) is 0 Å². The molecule has 0 aromatic heterocycles. The SMILES string of the molecule is CCC/C=C/CSS(=O)(=O)C/C=C/CCC. The van der Waals surface area contributed by atoms with Crippen molar-refractivity contribution in [2.45, 2.75) is 39.5 Å². The maximum absolute atomic E-state index is 11.5. The van der Waals surface area contributed by atoms with Crippen LogP contribution >= 0.6 is 10.8 Å². The van der Waals surface area contributed by atoms with Gasteiger partial charge in [0.2, 0.25) is 8.87 Å². The van der Waals surface area contributed by atoms with E-state index in [4.69, 9.17) is 0 Å². The van der Waals surface area contributed by atoms with Crippen LogP contribution in [0, 0.1) is 0 Å². The van der Waals surface area contributed by atoms with Crippen molar-refractivity contribution < 1.29 is 8.42 Å². The molecule has 2 nitrogen and oxygen atoms in total. The summed E-state index contributed by atoms with van der Waals surface area (Å²) in [6, 6.07) is 0. The lowest BCUT2D eigenvalue weighted by molar-refractivity contribution is 0.613. The second-order valence-electron chi connectivity index (χ2n) is 3.53. The summed E-state index contributed by atoms with van der Waals surface area (Å²) < 4.78 is 23.0. The fraction of sp³-hybridized carbons (Fsp3) is 0.667. The Balaban J connectivity index is 3.79. The molecule has 4 heteroatoms. The third-order valence-electron chi connectivity index (χ3n) is 1.89. The summed E-state index contributed by atoms with van der Waals surface area (Å²) in [4.78, 5) is 0. The average Bonchev–Trinajstić information content (AvgIpc) is 2.24. The largest absolute Gasteiger partial charge is 0.217 e. The highest BCUT2D eigenvalue weighted by Crippen LogP contribution is 2.13. The van der Waals surface area contributed by atoms with Crippen LogP contribution in [0.2, 0.25) is 0 Å². The number of rotatable bonds is 9. The molecule has 0 aliphatic heterocycles. The van der Waals surface area contributed by atoms with Crippen LogP contribution in [-0.4, -0.2) is 19.9 Å². The molecule has 0 aromatic rings. The Morgan fingerprint density at radius 3 is 2.06 bits per heavy atom.